The van der Waals surface area contributed by atoms with Gasteiger partial charge in [0.1, 0.15) is 11.8 Å². The number of esters is 1. The summed E-state index contributed by atoms with van der Waals surface area (Å²) in [6.07, 6.45) is 0. The molecule has 0 unspecified atom stereocenters. The Kier molecular flexibility index (Phi) is 5.52. The molecule has 0 saturated carbocycles. The van der Waals surface area contributed by atoms with Crippen molar-refractivity contribution in [1.82, 2.24) is 0 Å². The van der Waals surface area contributed by atoms with E-state index < -0.39 is 18.3 Å². The normalized spacial score (nSPS) is 10.1. The van der Waals surface area contributed by atoms with Gasteiger partial charge in [-0.2, -0.15) is 14.0 Å². The van der Waals surface area contributed by atoms with Crippen LogP contribution in [0.1, 0.15) is 28.4 Å². The van der Waals surface area contributed by atoms with Crippen LogP contribution in [0.5, 0.6) is 5.75 Å². The molecule has 0 spiro atoms. The van der Waals surface area contributed by atoms with E-state index in [2.05, 4.69) is 4.74 Å². The summed E-state index contributed by atoms with van der Waals surface area (Å²) in [4.78, 5) is 11.6. The zero-order valence-electron chi connectivity index (χ0n) is 9.95. The first-order valence-electron chi connectivity index (χ1n) is 5.28. The minimum absolute atomic E-state index is 0.00662. The largest absolute Gasteiger partial charge is 0.462 e. The van der Waals surface area contributed by atoms with Crippen LogP contribution >= 0.6 is 11.6 Å². The molecule has 1 rings (SSSR count). The fraction of sp³-hybridized carbons (Fsp3) is 0.333. The Hall–Kier alpha value is -1.87. The first kappa shape index (κ1) is 15.2. The van der Waals surface area contributed by atoms with Crippen molar-refractivity contribution in [2.75, 3.05) is 6.61 Å². The summed E-state index contributed by atoms with van der Waals surface area (Å²) >= 11 is 5.63. The number of alkyl halides is 3. The summed E-state index contributed by atoms with van der Waals surface area (Å²) in [7, 11) is 0. The van der Waals surface area contributed by atoms with Crippen LogP contribution in [0.2, 0.25) is 0 Å². The van der Waals surface area contributed by atoms with Crippen molar-refractivity contribution < 1.29 is 23.0 Å². The van der Waals surface area contributed by atoms with Crippen LogP contribution in [0.15, 0.2) is 12.1 Å². The lowest BCUT2D eigenvalue weighted by Crippen LogP contribution is -2.09. The van der Waals surface area contributed by atoms with Crippen molar-refractivity contribution in [1.29, 1.82) is 5.26 Å². The third-order valence-electron chi connectivity index (χ3n) is 2.17. The van der Waals surface area contributed by atoms with Gasteiger partial charge in [-0.05, 0) is 24.6 Å². The molecule has 1 aromatic rings. The third-order valence-corrected chi connectivity index (χ3v) is 2.45. The molecular formula is C12H10ClF2NO3. The second kappa shape index (κ2) is 6.90. The van der Waals surface area contributed by atoms with Crippen LogP contribution in [-0.4, -0.2) is 19.2 Å². The molecule has 0 amide bonds. The molecule has 0 atom stereocenters. The Morgan fingerprint density at radius 3 is 2.68 bits per heavy atom. The molecule has 7 heteroatoms. The molecule has 102 valence electrons. The number of benzene rings is 1. The third kappa shape index (κ3) is 3.80. The van der Waals surface area contributed by atoms with Gasteiger partial charge in [0.2, 0.25) is 0 Å². The van der Waals surface area contributed by atoms with Gasteiger partial charge in [-0.25, -0.2) is 4.79 Å². The fourth-order valence-corrected chi connectivity index (χ4v) is 1.64. The van der Waals surface area contributed by atoms with Gasteiger partial charge >= 0.3 is 12.6 Å². The van der Waals surface area contributed by atoms with Gasteiger partial charge < -0.3 is 9.47 Å². The van der Waals surface area contributed by atoms with Crippen LogP contribution in [-0.2, 0) is 10.6 Å². The first-order valence-corrected chi connectivity index (χ1v) is 5.81. The molecule has 4 nitrogen and oxygen atoms in total. The monoisotopic (exact) mass is 289 g/mol. The smallest absolute Gasteiger partial charge is 0.387 e. The average Bonchev–Trinajstić information content (AvgIpc) is 2.37. The summed E-state index contributed by atoms with van der Waals surface area (Å²) in [6.45, 7) is -1.35. The van der Waals surface area contributed by atoms with Gasteiger partial charge in [0.25, 0.3) is 0 Å². The number of ether oxygens (including phenoxy) is 2. The van der Waals surface area contributed by atoms with E-state index in [1.807, 2.05) is 0 Å². The predicted molar refractivity (Wildman–Crippen MR) is 63.3 cm³/mol. The summed E-state index contributed by atoms with van der Waals surface area (Å²) in [5.74, 6) is -1.20. The molecule has 0 bridgehead atoms. The minimum Gasteiger partial charge on any atom is -0.462 e. The highest BCUT2D eigenvalue weighted by atomic mass is 35.5. The maximum atomic E-state index is 12.3. The average molecular weight is 290 g/mol. The Balaban J connectivity index is 3.30. The van der Waals surface area contributed by atoms with Crippen molar-refractivity contribution in [3.8, 4) is 11.8 Å². The van der Waals surface area contributed by atoms with Crippen LogP contribution in [0.4, 0.5) is 8.78 Å². The van der Waals surface area contributed by atoms with Crippen LogP contribution < -0.4 is 4.74 Å². The van der Waals surface area contributed by atoms with Crippen molar-refractivity contribution in [2.45, 2.75) is 19.4 Å². The number of halogens is 3. The van der Waals surface area contributed by atoms with E-state index in [1.165, 1.54) is 6.07 Å². The van der Waals surface area contributed by atoms with Gasteiger partial charge in [-0.3, -0.25) is 0 Å². The molecule has 0 aliphatic carbocycles. The molecule has 19 heavy (non-hydrogen) atoms. The highest BCUT2D eigenvalue weighted by Crippen LogP contribution is 2.27. The molecule has 0 aliphatic heterocycles. The molecule has 0 aliphatic rings. The zero-order valence-corrected chi connectivity index (χ0v) is 10.7. The second-order valence-electron chi connectivity index (χ2n) is 3.35. The van der Waals surface area contributed by atoms with Gasteiger partial charge in [0.05, 0.1) is 17.7 Å². The standard InChI is InChI=1S/C12H10ClF2NO3/c1-2-18-11(17)7-3-8(5-13)9(6-16)10(4-7)19-12(14)15/h3-4,12H,2,5H2,1H3. The maximum Gasteiger partial charge on any atom is 0.387 e. The predicted octanol–water partition coefficient (Wildman–Crippen LogP) is 3.08. The minimum atomic E-state index is -3.10. The number of hydrogen-bond donors (Lipinski definition) is 0. The highest BCUT2D eigenvalue weighted by molar-refractivity contribution is 6.17. The van der Waals surface area contributed by atoms with E-state index in [0.717, 1.165) is 6.07 Å². The van der Waals surface area contributed by atoms with Gasteiger partial charge in [-0.15, -0.1) is 11.6 Å². The molecule has 1 aromatic carbocycles. The van der Waals surface area contributed by atoms with Crippen molar-refractivity contribution >= 4 is 17.6 Å². The summed E-state index contributed by atoms with van der Waals surface area (Å²) in [5, 5.41) is 8.93. The van der Waals surface area contributed by atoms with E-state index in [4.69, 9.17) is 21.6 Å². The molecule has 0 N–H and O–H groups in total. The zero-order chi connectivity index (χ0) is 14.4. The van der Waals surface area contributed by atoms with Gasteiger partial charge in [-0.1, -0.05) is 0 Å². The summed E-state index contributed by atoms with van der Waals surface area (Å²) in [5.41, 5.74) is 0.112. The summed E-state index contributed by atoms with van der Waals surface area (Å²) in [6, 6.07) is 4.09. The Labute approximate surface area is 113 Å². The Bertz CT molecular complexity index is 514. The number of nitriles is 1. The number of carbonyl (C=O) groups excluding carboxylic acids is 1. The van der Waals surface area contributed by atoms with Gasteiger partial charge in [0.15, 0.2) is 0 Å². The summed E-state index contributed by atoms with van der Waals surface area (Å²) < 4.78 is 33.5. The molecule has 0 fully saturated rings. The fourth-order valence-electron chi connectivity index (χ4n) is 1.43. The Morgan fingerprint density at radius 1 is 1.53 bits per heavy atom. The van der Waals surface area contributed by atoms with E-state index >= 15 is 0 Å². The molecule has 0 heterocycles. The van der Waals surface area contributed by atoms with Crippen molar-refractivity contribution in [2.24, 2.45) is 0 Å². The van der Waals surface area contributed by atoms with E-state index in [-0.39, 0.29) is 29.2 Å². The van der Waals surface area contributed by atoms with Gasteiger partial charge in [0, 0.05) is 5.88 Å². The van der Waals surface area contributed by atoms with Crippen LogP contribution in [0, 0.1) is 11.3 Å². The van der Waals surface area contributed by atoms with Crippen LogP contribution in [0.25, 0.3) is 0 Å². The quantitative estimate of drug-likeness (QED) is 0.617. The molecule has 0 saturated heterocycles. The molecule has 0 radical (unpaired) electrons. The number of hydrogen-bond acceptors (Lipinski definition) is 4. The highest BCUT2D eigenvalue weighted by Gasteiger charge is 2.18. The van der Waals surface area contributed by atoms with E-state index in [9.17, 15) is 13.6 Å². The van der Waals surface area contributed by atoms with Crippen molar-refractivity contribution in [3.63, 3.8) is 0 Å². The molecule has 0 aromatic heterocycles. The topological polar surface area (TPSA) is 59.3 Å². The van der Waals surface area contributed by atoms with E-state index in [0.29, 0.717) is 0 Å². The Morgan fingerprint density at radius 2 is 2.21 bits per heavy atom. The van der Waals surface area contributed by atoms with Crippen molar-refractivity contribution in [3.05, 3.63) is 28.8 Å². The molecular weight excluding hydrogens is 280 g/mol. The second-order valence-corrected chi connectivity index (χ2v) is 3.62. The lowest BCUT2D eigenvalue weighted by Gasteiger charge is -2.11. The lowest BCUT2D eigenvalue weighted by atomic mass is 10.0. The SMILES string of the molecule is CCOC(=O)c1cc(CCl)c(C#N)c(OC(F)F)c1. The number of carbonyl (C=O) groups is 1. The number of nitrogens with zero attached hydrogens (tertiary/aromatic N) is 1. The lowest BCUT2D eigenvalue weighted by molar-refractivity contribution is -0.0501. The number of rotatable bonds is 5. The van der Waals surface area contributed by atoms with Crippen LogP contribution in [0.3, 0.4) is 0 Å². The maximum absolute atomic E-state index is 12.3. The first-order chi connectivity index (χ1) is 9.03. The van der Waals surface area contributed by atoms with E-state index in [1.54, 1.807) is 13.0 Å².